The number of hydrogen-bond donors (Lipinski definition) is 0. The fraction of sp³-hybridized carbons (Fsp3) is 0.556. The first-order valence-electron chi connectivity index (χ1n) is 12.8. The van der Waals surface area contributed by atoms with E-state index in [2.05, 4.69) is 44.8 Å². The fourth-order valence-corrected chi connectivity index (χ4v) is 5.49. The average molecular weight is 479 g/mol. The van der Waals surface area contributed by atoms with E-state index in [1.54, 1.807) is 6.20 Å². The average Bonchev–Trinajstić information content (AvgIpc) is 3.27. The molecule has 35 heavy (non-hydrogen) atoms. The van der Waals surface area contributed by atoms with Crippen molar-refractivity contribution in [1.29, 1.82) is 0 Å². The van der Waals surface area contributed by atoms with Gasteiger partial charge < -0.3 is 4.90 Å². The molecule has 8 heteroatoms. The lowest BCUT2D eigenvalue weighted by molar-refractivity contribution is -0.124. The van der Waals surface area contributed by atoms with Gasteiger partial charge in [-0.2, -0.15) is 5.10 Å². The van der Waals surface area contributed by atoms with Crippen molar-refractivity contribution < 1.29 is 9.18 Å². The molecule has 1 fully saturated rings. The van der Waals surface area contributed by atoms with Crippen molar-refractivity contribution in [2.24, 2.45) is 11.8 Å². The molecular formula is C27H35FN6O. The number of ketones is 1. The van der Waals surface area contributed by atoms with Crippen LogP contribution in [0.25, 0.3) is 22.0 Å². The second-order valence-corrected chi connectivity index (χ2v) is 10.4. The standard InChI is InChI=1S/C27H35FN6O/c1-19(2)16-33-6-3-4-20(17-33)27(35)12-23-11-21-10-22(13-30-25(21)15-29-23)24-14-31-34-9-8-32(7-5-28)18-26(24)34/h10-11,13-15,19-20H,3-9,12,16-18H2,1-2H3. The minimum atomic E-state index is -0.341. The second-order valence-electron chi connectivity index (χ2n) is 10.4. The van der Waals surface area contributed by atoms with Crippen LogP contribution in [0.5, 0.6) is 0 Å². The Balaban J connectivity index is 1.33. The third kappa shape index (κ3) is 5.43. The van der Waals surface area contributed by atoms with Crippen LogP contribution in [0, 0.1) is 11.8 Å². The highest BCUT2D eigenvalue weighted by Crippen LogP contribution is 2.29. The van der Waals surface area contributed by atoms with Gasteiger partial charge in [-0.1, -0.05) is 13.8 Å². The minimum absolute atomic E-state index is 0.0932. The number of hydrogen-bond acceptors (Lipinski definition) is 6. The smallest absolute Gasteiger partial charge is 0.143 e. The molecule has 5 heterocycles. The van der Waals surface area contributed by atoms with E-state index in [9.17, 15) is 9.18 Å². The van der Waals surface area contributed by atoms with Crippen LogP contribution in [-0.2, 0) is 24.3 Å². The van der Waals surface area contributed by atoms with Gasteiger partial charge in [0.1, 0.15) is 12.5 Å². The summed E-state index contributed by atoms with van der Waals surface area (Å²) < 4.78 is 14.9. The molecule has 2 aliphatic heterocycles. The Morgan fingerprint density at radius 2 is 2.00 bits per heavy atom. The lowest BCUT2D eigenvalue weighted by atomic mass is 9.91. The Morgan fingerprint density at radius 3 is 2.83 bits per heavy atom. The van der Waals surface area contributed by atoms with Gasteiger partial charge in [0.25, 0.3) is 0 Å². The van der Waals surface area contributed by atoms with E-state index in [-0.39, 0.29) is 18.4 Å². The molecule has 0 amide bonds. The Hall–Kier alpha value is -2.71. The monoisotopic (exact) mass is 478 g/mol. The number of alkyl halides is 1. The first-order chi connectivity index (χ1) is 17.0. The number of likely N-dealkylation sites (tertiary alicyclic amines) is 1. The maximum Gasteiger partial charge on any atom is 0.143 e. The highest BCUT2D eigenvalue weighted by Gasteiger charge is 2.26. The molecule has 5 rings (SSSR count). The SMILES string of the molecule is CC(C)CN1CCCC(C(=O)Cc2cc3cc(-c4cnn5c4CN(CCF)CC5)cnc3cn2)C1. The van der Waals surface area contributed by atoms with E-state index in [1.165, 1.54) is 0 Å². The van der Waals surface area contributed by atoms with Crippen molar-refractivity contribution in [2.45, 2.75) is 46.2 Å². The molecule has 0 aromatic carbocycles. The van der Waals surface area contributed by atoms with Crippen molar-refractivity contribution in [1.82, 2.24) is 29.5 Å². The summed E-state index contributed by atoms with van der Waals surface area (Å²) in [6.07, 6.45) is 7.92. The van der Waals surface area contributed by atoms with E-state index < -0.39 is 0 Å². The first kappa shape index (κ1) is 24.0. The summed E-state index contributed by atoms with van der Waals surface area (Å²) in [6, 6.07) is 4.11. The molecule has 0 radical (unpaired) electrons. The zero-order valence-corrected chi connectivity index (χ0v) is 20.8. The van der Waals surface area contributed by atoms with Gasteiger partial charge in [-0.25, -0.2) is 4.39 Å². The molecule has 186 valence electrons. The van der Waals surface area contributed by atoms with Crippen LogP contribution in [0.3, 0.4) is 0 Å². The van der Waals surface area contributed by atoms with Gasteiger partial charge >= 0.3 is 0 Å². The molecule has 1 unspecified atom stereocenters. The number of halogens is 1. The highest BCUT2D eigenvalue weighted by atomic mass is 19.1. The zero-order chi connectivity index (χ0) is 24.4. The van der Waals surface area contributed by atoms with Crippen LogP contribution in [-0.4, -0.2) is 74.7 Å². The van der Waals surface area contributed by atoms with Crippen molar-refractivity contribution in [3.8, 4) is 11.1 Å². The molecule has 1 atom stereocenters. The van der Waals surface area contributed by atoms with Crippen molar-refractivity contribution in [3.05, 3.63) is 42.1 Å². The number of carbonyl (C=O) groups excluding carboxylic acids is 1. The van der Waals surface area contributed by atoms with E-state index in [0.717, 1.165) is 79.0 Å². The number of piperidine rings is 1. The first-order valence-corrected chi connectivity index (χ1v) is 12.8. The molecule has 7 nitrogen and oxygen atoms in total. The Labute approximate surface area is 206 Å². The van der Waals surface area contributed by atoms with Gasteiger partial charge in [-0.05, 0) is 37.4 Å². The molecular weight excluding hydrogens is 443 g/mol. The number of nitrogens with zero attached hydrogens (tertiary/aromatic N) is 6. The Bertz CT molecular complexity index is 1190. The topological polar surface area (TPSA) is 67.2 Å². The summed E-state index contributed by atoms with van der Waals surface area (Å²) in [5.41, 5.74) is 4.73. The molecule has 0 N–H and O–H groups in total. The van der Waals surface area contributed by atoms with E-state index in [1.807, 2.05) is 23.1 Å². The van der Waals surface area contributed by atoms with Crippen molar-refractivity contribution in [3.63, 3.8) is 0 Å². The summed E-state index contributed by atoms with van der Waals surface area (Å²) in [5, 5.41) is 5.52. The van der Waals surface area contributed by atoms with E-state index in [0.29, 0.717) is 25.4 Å². The van der Waals surface area contributed by atoms with Gasteiger partial charge in [0, 0.05) is 73.5 Å². The largest absolute Gasteiger partial charge is 0.302 e. The maximum atomic E-state index is 13.1. The third-order valence-electron chi connectivity index (χ3n) is 7.23. The lowest BCUT2D eigenvalue weighted by Gasteiger charge is -2.33. The lowest BCUT2D eigenvalue weighted by Crippen LogP contribution is -2.40. The second kappa shape index (κ2) is 10.5. The van der Waals surface area contributed by atoms with Gasteiger partial charge in [-0.3, -0.25) is 24.3 Å². The van der Waals surface area contributed by atoms with Crippen LogP contribution in [0.1, 0.15) is 38.1 Å². The number of pyridine rings is 2. The summed E-state index contributed by atoms with van der Waals surface area (Å²) in [6.45, 7) is 9.83. The molecule has 0 saturated carbocycles. The van der Waals surface area contributed by atoms with Crippen LogP contribution < -0.4 is 0 Å². The fourth-order valence-electron chi connectivity index (χ4n) is 5.49. The number of carbonyl (C=O) groups is 1. The van der Waals surface area contributed by atoms with Crippen LogP contribution >= 0.6 is 0 Å². The third-order valence-corrected chi connectivity index (χ3v) is 7.23. The van der Waals surface area contributed by atoms with E-state index >= 15 is 0 Å². The number of rotatable bonds is 8. The number of Topliss-reactive ketones (excluding diaryl/α,β-unsaturated/α-hetero) is 1. The summed E-state index contributed by atoms with van der Waals surface area (Å²) in [5.74, 6) is 0.991. The van der Waals surface area contributed by atoms with Crippen molar-refractivity contribution in [2.75, 3.05) is 39.4 Å². The number of aromatic nitrogens is 4. The zero-order valence-electron chi connectivity index (χ0n) is 20.8. The van der Waals surface area contributed by atoms with Crippen LogP contribution in [0.4, 0.5) is 4.39 Å². The highest BCUT2D eigenvalue weighted by molar-refractivity contribution is 5.86. The molecule has 0 aliphatic carbocycles. The van der Waals surface area contributed by atoms with Gasteiger partial charge in [0.2, 0.25) is 0 Å². The van der Waals surface area contributed by atoms with E-state index in [4.69, 9.17) is 0 Å². The molecule has 0 spiro atoms. The molecule has 1 saturated heterocycles. The minimum Gasteiger partial charge on any atom is -0.302 e. The predicted molar refractivity (Wildman–Crippen MR) is 135 cm³/mol. The van der Waals surface area contributed by atoms with Gasteiger partial charge in [0.15, 0.2) is 0 Å². The number of fused-ring (bicyclic) bond motifs is 2. The predicted octanol–water partition coefficient (Wildman–Crippen LogP) is 3.76. The summed E-state index contributed by atoms with van der Waals surface area (Å²) >= 11 is 0. The van der Waals surface area contributed by atoms with Gasteiger partial charge in [-0.15, -0.1) is 0 Å². The normalized spacial score (nSPS) is 19.4. The van der Waals surface area contributed by atoms with Crippen LogP contribution in [0.2, 0.25) is 0 Å². The quantitative estimate of drug-likeness (QED) is 0.491. The van der Waals surface area contributed by atoms with Crippen LogP contribution in [0.15, 0.2) is 30.7 Å². The van der Waals surface area contributed by atoms with Crippen molar-refractivity contribution >= 4 is 16.7 Å². The van der Waals surface area contributed by atoms with Gasteiger partial charge in [0.05, 0.1) is 30.1 Å². The molecule has 2 aliphatic rings. The maximum absolute atomic E-state index is 13.1. The summed E-state index contributed by atoms with van der Waals surface area (Å²) in [7, 11) is 0. The molecule has 3 aromatic heterocycles. The molecule has 0 bridgehead atoms. The Morgan fingerprint density at radius 1 is 1.11 bits per heavy atom. The summed E-state index contributed by atoms with van der Waals surface area (Å²) in [4.78, 5) is 26.8. The Kier molecular flexibility index (Phi) is 7.20. The molecule has 3 aromatic rings.